The molecule has 23 heavy (non-hydrogen) atoms. The number of allylic oxidation sites excluding steroid dienone is 1. The van der Waals surface area contributed by atoms with Gasteiger partial charge in [-0.15, -0.1) is 0 Å². The fourth-order valence-corrected chi connectivity index (χ4v) is 2.90. The first kappa shape index (κ1) is 15.9. The molecule has 5 nitrogen and oxygen atoms in total. The van der Waals surface area contributed by atoms with E-state index in [2.05, 4.69) is 16.7 Å². The van der Waals surface area contributed by atoms with Gasteiger partial charge in [-0.2, -0.15) is 0 Å². The molecule has 0 unspecified atom stereocenters. The molecule has 1 aromatic rings. The van der Waals surface area contributed by atoms with Crippen LogP contribution in [-0.2, 0) is 11.3 Å². The summed E-state index contributed by atoms with van der Waals surface area (Å²) in [6, 6.07) is 5.72. The maximum absolute atomic E-state index is 11.9. The lowest BCUT2D eigenvalue weighted by Gasteiger charge is -2.13. The topological polar surface area (TPSA) is 59.6 Å². The summed E-state index contributed by atoms with van der Waals surface area (Å²) in [7, 11) is 0. The van der Waals surface area contributed by atoms with Gasteiger partial charge in [-0.05, 0) is 56.3 Å². The molecule has 0 bridgehead atoms. The van der Waals surface area contributed by atoms with E-state index in [9.17, 15) is 4.79 Å². The van der Waals surface area contributed by atoms with Crippen molar-refractivity contribution in [3.8, 4) is 11.5 Å². The van der Waals surface area contributed by atoms with Crippen molar-refractivity contribution in [3.05, 3.63) is 35.4 Å². The minimum absolute atomic E-state index is 0.0142. The second-order valence-corrected chi connectivity index (χ2v) is 6.00. The van der Waals surface area contributed by atoms with Gasteiger partial charge in [-0.1, -0.05) is 17.7 Å². The Morgan fingerprint density at radius 3 is 2.96 bits per heavy atom. The number of fused-ring (bicyclic) bond motifs is 1. The van der Waals surface area contributed by atoms with Crippen LogP contribution in [0.5, 0.6) is 11.5 Å². The van der Waals surface area contributed by atoms with Gasteiger partial charge in [0.25, 0.3) is 0 Å². The summed E-state index contributed by atoms with van der Waals surface area (Å²) in [5.74, 6) is 1.52. The number of amides is 1. The van der Waals surface area contributed by atoms with Crippen LogP contribution in [0.1, 0.15) is 37.7 Å². The van der Waals surface area contributed by atoms with Crippen molar-refractivity contribution >= 4 is 5.91 Å². The van der Waals surface area contributed by atoms with Crippen molar-refractivity contribution in [1.29, 1.82) is 0 Å². The van der Waals surface area contributed by atoms with E-state index in [0.717, 1.165) is 30.0 Å². The maximum atomic E-state index is 11.9. The molecular weight excluding hydrogens is 292 g/mol. The van der Waals surface area contributed by atoms with Gasteiger partial charge in [0.15, 0.2) is 11.5 Å². The molecule has 0 atom stereocenters. The van der Waals surface area contributed by atoms with Crippen molar-refractivity contribution in [2.45, 2.75) is 38.6 Å². The Labute approximate surface area is 137 Å². The Kier molecular flexibility index (Phi) is 5.53. The lowest BCUT2D eigenvalue weighted by atomic mass is 9.97. The summed E-state index contributed by atoms with van der Waals surface area (Å²) in [5.41, 5.74) is 2.54. The molecular formula is C18H24N2O3. The van der Waals surface area contributed by atoms with E-state index >= 15 is 0 Å². The Morgan fingerprint density at radius 1 is 1.17 bits per heavy atom. The largest absolute Gasteiger partial charge is 0.454 e. The number of carbonyl (C=O) groups excluding carboxylic acids is 1. The third-order valence-electron chi connectivity index (χ3n) is 4.22. The van der Waals surface area contributed by atoms with Gasteiger partial charge in [0.2, 0.25) is 12.7 Å². The molecule has 2 N–H and O–H groups in total. The predicted octanol–water partition coefficient (Wildman–Crippen LogP) is 2.51. The first-order valence-electron chi connectivity index (χ1n) is 8.35. The van der Waals surface area contributed by atoms with E-state index in [-0.39, 0.29) is 12.7 Å². The minimum Gasteiger partial charge on any atom is -0.454 e. The van der Waals surface area contributed by atoms with Crippen LogP contribution in [0, 0.1) is 0 Å². The van der Waals surface area contributed by atoms with Crippen LogP contribution in [0.4, 0.5) is 0 Å². The minimum atomic E-state index is 0.0142. The summed E-state index contributed by atoms with van der Waals surface area (Å²) < 4.78 is 10.6. The van der Waals surface area contributed by atoms with E-state index in [0.29, 0.717) is 13.1 Å². The second kappa shape index (κ2) is 8.02. The Bertz CT molecular complexity index is 584. The molecule has 124 valence electrons. The third kappa shape index (κ3) is 4.73. The molecule has 0 radical (unpaired) electrons. The Morgan fingerprint density at radius 2 is 2.09 bits per heavy atom. The number of hydrogen-bond donors (Lipinski definition) is 2. The average molecular weight is 316 g/mol. The first-order chi connectivity index (χ1) is 11.3. The van der Waals surface area contributed by atoms with Gasteiger partial charge in [0, 0.05) is 6.54 Å². The van der Waals surface area contributed by atoms with Crippen LogP contribution >= 0.6 is 0 Å². The van der Waals surface area contributed by atoms with E-state index in [1.807, 2.05) is 18.2 Å². The first-order valence-corrected chi connectivity index (χ1v) is 8.35. The lowest BCUT2D eigenvalue weighted by Crippen LogP contribution is -2.34. The number of rotatable bonds is 7. The molecule has 1 aliphatic carbocycles. The second-order valence-electron chi connectivity index (χ2n) is 6.00. The molecule has 3 rings (SSSR count). The van der Waals surface area contributed by atoms with Gasteiger partial charge in [0.1, 0.15) is 0 Å². The van der Waals surface area contributed by atoms with Crippen LogP contribution < -0.4 is 20.1 Å². The SMILES string of the molecule is O=C(CNCCC1=CCCCC1)NCc1ccc2c(c1)OCO2. The Hall–Kier alpha value is -2.01. The molecule has 2 aliphatic rings. The smallest absolute Gasteiger partial charge is 0.234 e. The number of benzene rings is 1. The standard InChI is InChI=1S/C18H24N2O3/c21-18(12-19-9-8-14-4-2-1-3-5-14)20-11-15-6-7-16-17(10-15)23-13-22-16/h4,6-7,10,19H,1-3,5,8-9,11-13H2,(H,20,21). The molecule has 0 saturated carbocycles. The summed E-state index contributed by atoms with van der Waals surface area (Å²) in [6.07, 6.45) is 8.46. The Balaban J connectivity index is 1.32. The van der Waals surface area contributed by atoms with Crippen LogP contribution in [0.15, 0.2) is 29.8 Å². The van der Waals surface area contributed by atoms with Crippen LogP contribution in [0.2, 0.25) is 0 Å². The summed E-state index contributed by atoms with van der Waals surface area (Å²) in [6.45, 7) is 1.99. The fourth-order valence-electron chi connectivity index (χ4n) is 2.90. The van der Waals surface area contributed by atoms with Crippen molar-refractivity contribution in [3.63, 3.8) is 0 Å². The predicted molar refractivity (Wildman–Crippen MR) is 88.4 cm³/mol. The van der Waals surface area contributed by atoms with E-state index in [4.69, 9.17) is 9.47 Å². The van der Waals surface area contributed by atoms with Crippen molar-refractivity contribution in [2.75, 3.05) is 19.9 Å². The molecule has 1 amide bonds. The van der Waals surface area contributed by atoms with E-state index < -0.39 is 0 Å². The molecule has 0 aromatic heterocycles. The molecule has 0 fully saturated rings. The normalized spacial score (nSPS) is 16.1. The summed E-state index contributed by atoms with van der Waals surface area (Å²) in [5, 5.41) is 6.13. The number of carbonyl (C=O) groups is 1. The zero-order chi connectivity index (χ0) is 15.9. The van der Waals surface area contributed by atoms with Gasteiger partial charge in [-0.25, -0.2) is 0 Å². The molecule has 0 spiro atoms. The van der Waals surface area contributed by atoms with Gasteiger partial charge in [-0.3, -0.25) is 4.79 Å². The van der Waals surface area contributed by atoms with Crippen molar-refractivity contribution in [2.24, 2.45) is 0 Å². The number of hydrogen-bond acceptors (Lipinski definition) is 4. The molecule has 1 heterocycles. The van der Waals surface area contributed by atoms with Gasteiger partial charge < -0.3 is 20.1 Å². The molecule has 5 heteroatoms. The van der Waals surface area contributed by atoms with Gasteiger partial charge in [0.05, 0.1) is 6.54 Å². The van der Waals surface area contributed by atoms with Gasteiger partial charge >= 0.3 is 0 Å². The molecule has 1 aromatic carbocycles. The highest BCUT2D eigenvalue weighted by molar-refractivity contribution is 5.78. The number of ether oxygens (including phenoxy) is 2. The van der Waals surface area contributed by atoms with Crippen LogP contribution in [0.3, 0.4) is 0 Å². The van der Waals surface area contributed by atoms with Crippen molar-refractivity contribution in [1.82, 2.24) is 10.6 Å². The highest BCUT2D eigenvalue weighted by Crippen LogP contribution is 2.32. The highest BCUT2D eigenvalue weighted by atomic mass is 16.7. The zero-order valence-corrected chi connectivity index (χ0v) is 13.4. The maximum Gasteiger partial charge on any atom is 0.234 e. The monoisotopic (exact) mass is 316 g/mol. The quantitative estimate of drug-likeness (QED) is 0.599. The van der Waals surface area contributed by atoms with Crippen molar-refractivity contribution < 1.29 is 14.3 Å². The molecule has 1 aliphatic heterocycles. The lowest BCUT2D eigenvalue weighted by molar-refractivity contribution is -0.120. The van der Waals surface area contributed by atoms with E-state index in [1.165, 1.54) is 31.3 Å². The summed E-state index contributed by atoms with van der Waals surface area (Å²) >= 11 is 0. The van der Waals surface area contributed by atoms with Crippen LogP contribution in [0.25, 0.3) is 0 Å². The summed E-state index contributed by atoms with van der Waals surface area (Å²) in [4.78, 5) is 11.9. The average Bonchev–Trinajstić information content (AvgIpc) is 3.05. The zero-order valence-electron chi connectivity index (χ0n) is 13.4. The highest BCUT2D eigenvalue weighted by Gasteiger charge is 2.13. The van der Waals surface area contributed by atoms with Crippen LogP contribution in [-0.4, -0.2) is 25.8 Å². The fraction of sp³-hybridized carbons (Fsp3) is 0.500. The van der Waals surface area contributed by atoms with E-state index in [1.54, 1.807) is 0 Å². The number of nitrogens with one attached hydrogen (secondary N) is 2. The molecule has 0 saturated heterocycles. The third-order valence-corrected chi connectivity index (χ3v) is 4.22.